The smallest absolute Gasteiger partial charge is 0.330 e. The van der Waals surface area contributed by atoms with Crippen LogP contribution in [0.25, 0.3) is 0 Å². The summed E-state index contributed by atoms with van der Waals surface area (Å²) < 4.78 is 24.0. The monoisotopic (exact) mass is 367 g/mol. The van der Waals surface area contributed by atoms with Crippen molar-refractivity contribution in [1.82, 2.24) is 5.32 Å². The molecule has 26 heavy (non-hydrogen) atoms. The number of carbonyl (C=O) groups is 2. The van der Waals surface area contributed by atoms with E-state index in [1.807, 2.05) is 6.92 Å². The Morgan fingerprint density at radius 1 is 1.38 bits per heavy atom. The molecule has 0 saturated heterocycles. The van der Waals surface area contributed by atoms with Crippen LogP contribution in [-0.2, 0) is 14.3 Å². The molecule has 0 radical (unpaired) electrons. The second-order valence-electron chi connectivity index (χ2n) is 7.04. The molecule has 0 aromatic heterocycles. The lowest BCUT2D eigenvalue weighted by atomic mass is 9.54. The third-order valence-electron chi connectivity index (χ3n) is 5.10. The molecule has 144 valence electrons. The van der Waals surface area contributed by atoms with Gasteiger partial charge in [-0.1, -0.05) is 19.9 Å². The molecule has 1 fully saturated rings. The number of rotatable bonds is 9. The van der Waals surface area contributed by atoms with Gasteiger partial charge in [0.2, 0.25) is 5.91 Å². The lowest BCUT2D eigenvalue weighted by Gasteiger charge is -2.58. The van der Waals surface area contributed by atoms with Crippen molar-refractivity contribution >= 4 is 11.9 Å². The Hall–Kier alpha value is -2.15. The van der Waals surface area contributed by atoms with Gasteiger partial charge in [-0.25, -0.2) is 9.18 Å². The number of carboxylic acid groups (broad SMARTS) is 1. The van der Waals surface area contributed by atoms with Crippen molar-refractivity contribution < 1.29 is 28.6 Å². The van der Waals surface area contributed by atoms with E-state index in [0.29, 0.717) is 18.8 Å². The first-order valence-electron chi connectivity index (χ1n) is 8.77. The van der Waals surface area contributed by atoms with Crippen LogP contribution in [0.1, 0.15) is 40.0 Å². The molecule has 1 aliphatic rings. The van der Waals surface area contributed by atoms with E-state index in [1.165, 1.54) is 12.1 Å². The van der Waals surface area contributed by atoms with E-state index in [-0.39, 0.29) is 37.3 Å². The molecule has 2 rings (SSSR count). The fourth-order valence-corrected chi connectivity index (χ4v) is 3.32. The zero-order valence-electron chi connectivity index (χ0n) is 15.4. The van der Waals surface area contributed by atoms with Gasteiger partial charge >= 0.3 is 5.97 Å². The number of benzene rings is 1. The van der Waals surface area contributed by atoms with Gasteiger partial charge < -0.3 is 19.9 Å². The van der Waals surface area contributed by atoms with Gasteiger partial charge in [-0.15, -0.1) is 0 Å². The highest BCUT2D eigenvalue weighted by Gasteiger charge is 2.66. The van der Waals surface area contributed by atoms with Crippen molar-refractivity contribution in [2.24, 2.45) is 5.41 Å². The van der Waals surface area contributed by atoms with Gasteiger partial charge in [-0.05, 0) is 25.5 Å². The minimum Gasteiger partial charge on any atom is -0.493 e. The van der Waals surface area contributed by atoms with Gasteiger partial charge in [0.25, 0.3) is 0 Å². The van der Waals surface area contributed by atoms with Gasteiger partial charge in [0.05, 0.1) is 12.7 Å². The van der Waals surface area contributed by atoms with Crippen molar-refractivity contribution in [2.75, 3.05) is 13.2 Å². The second-order valence-corrected chi connectivity index (χ2v) is 7.04. The van der Waals surface area contributed by atoms with E-state index in [4.69, 9.17) is 9.47 Å². The zero-order valence-corrected chi connectivity index (χ0v) is 15.4. The molecule has 1 saturated carbocycles. The molecule has 1 aliphatic carbocycles. The van der Waals surface area contributed by atoms with Crippen molar-refractivity contribution in [2.45, 2.75) is 51.7 Å². The first-order chi connectivity index (χ1) is 12.2. The molecular formula is C19H26FNO5. The number of halogens is 1. The maximum Gasteiger partial charge on any atom is 0.330 e. The molecule has 1 aromatic rings. The van der Waals surface area contributed by atoms with Crippen LogP contribution in [0.3, 0.4) is 0 Å². The van der Waals surface area contributed by atoms with E-state index >= 15 is 0 Å². The van der Waals surface area contributed by atoms with Crippen molar-refractivity contribution in [3.8, 4) is 5.75 Å². The summed E-state index contributed by atoms with van der Waals surface area (Å²) >= 11 is 0. The number of aliphatic carboxylic acids is 1. The molecule has 0 bridgehead atoms. The van der Waals surface area contributed by atoms with Crippen LogP contribution < -0.4 is 10.1 Å². The fourth-order valence-electron chi connectivity index (χ4n) is 3.32. The van der Waals surface area contributed by atoms with Crippen molar-refractivity contribution in [1.29, 1.82) is 0 Å². The summed E-state index contributed by atoms with van der Waals surface area (Å²) in [7, 11) is 0. The van der Waals surface area contributed by atoms with Gasteiger partial charge in [0.15, 0.2) is 0 Å². The summed E-state index contributed by atoms with van der Waals surface area (Å²) in [5.41, 5.74) is -2.03. The van der Waals surface area contributed by atoms with Gasteiger partial charge in [-0.3, -0.25) is 4.79 Å². The Morgan fingerprint density at radius 3 is 2.69 bits per heavy atom. The van der Waals surface area contributed by atoms with Crippen LogP contribution in [0.2, 0.25) is 0 Å². The van der Waals surface area contributed by atoms with Crippen LogP contribution in [0.15, 0.2) is 24.3 Å². The molecule has 2 N–H and O–H groups in total. The Balaban J connectivity index is 1.84. The summed E-state index contributed by atoms with van der Waals surface area (Å²) in [4.78, 5) is 24.1. The molecule has 0 spiro atoms. The molecule has 2 unspecified atom stereocenters. The van der Waals surface area contributed by atoms with Crippen molar-refractivity contribution in [3.63, 3.8) is 0 Å². The summed E-state index contributed by atoms with van der Waals surface area (Å²) in [5, 5.41) is 12.4. The van der Waals surface area contributed by atoms with Crippen LogP contribution in [0.4, 0.5) is 4.39 Å². The number of nitrogens with one attached hydrogen (secondary N) is 1. The lowest BCUT2D eigenvalue weighted by Crippen LogP contribution is -2.76. The largest absolute Gasteiger partial charge is 0.493 e. The summed E-state index contributed by atoms with van der Waals surface area (Å²) in [6.07, 6.45) is 0.558. The fraction of sp³-hybridized carbons (Fsp3) is 0.579. The third-order valence-corrected chi connectivity index (χ3v) is 5.10. The minimum absolute atomic E-state index is 0.125. The highest BCUT2D eigenvalue weighted by molar-refractivity contribution is 5.89. The number of carboxylic acids is 1. The Kier molecular flexibility index (Phi) is 6.23. The molecule has 6 nitrogen and oxygen atoms in total. The van der Waals surface area contributed by atoms with Crippen LogP contribution in [0.5, 0.6) is 5.75 Å². The molecule has 1 aromatic carbocycles. The van der Waals surface area contributed by atoms with E-state index < -0.39 is 16.9 Å². The maximum atomic E-state index is 13.1. The third kappa shape index (κ3) is 3.98. The minimum atomic E-state index is -1.33. The molecule has 0 aliphatic heterocycles. The highest BCUT2D eigenvalue weighted by atomic mass is 19.1. The average molecular weight is 367 g/mol. The van der Waals surface area contributed by atoms with E-state index in [9.17, 15) is 19.1 Å². The molecule has 0 heterocycles. The highest BCUT2D eigenvalue weighted by Crippen LogP contribution is 2.51. The van der Waals surface area contributed by atoms with E-state index in [2.05, 4.69) is 5.32 Å². The van der Waals surface area contributed by atoms with E-state index in [1.54, 1.807) is 26.0 Å². The summed E-state index contributed by atoms with van der Waals surface area (Å²) in [5.74, 6) is -1.40. The standard InChI is InChI=1S/C19H26FNO5/c1-4-25-15-12-19(17(23)24,18(15,2)3)21-16(22)9-6-10-26-14-8-5-7-13(20)11-14/h5,7-8,11,15H,4,6,9-10,12H2,1-3H3,(H,21,22)(H,23,24). The molecule has 7 heteroatoms. The number of ether oxygens (including phenoxy) is 2. The Morgan fingerprint density at radius 2 is 2.12 bits per heavy atom. The lowest BCUT2D eigenvalue weighted by molar-refractivity contribution is -0.194. The SMILES string of the molecule is CCOC1CC(NC(=O)CCCOc2cccc(F)c2)(C(=O)O)C1(C)C. The molecular weight excluding hydrogens is 341 g/mol. The first-order valence-corrected chi connectivity index (χ1v) is 8.77. The Labute approximate surface area is 152 Å². The first kappa shape index (κ1) is 20.2. The van der Waals surface area contributed by atoms with Crippen LogP contribution >= 0.6 is 0 Å². The van der Waals surface area contributed by atoms with Crippen LogP contribution in [0, 0.1) is 11.2 Å². The number of amides is 1. The average Bonchev–Trinajstić information content (AvgIpc) is 2.57. The van der Waals surface area contributed by atoms with E-state index in [0.717, 1.165) is 0 Å². The Bertz CT molecular complexity index is 663. The summed E-state index contributed by atoms with van der Waals surface area (Å²) in [6.45, 7) is 6.17. The number of hydrogen-bond acceptors (Lipinski definition) is 4. The molecule has 2 atom stereocenters. The predicted octanol–water partition coefficient (Wildman–Crippen LogP) is 2.76. The van der Waals surface area contributed by atoms with Gasteiger partial charge in [0, 0.05) is 30.9 Å². The van der Waals surface area contributed by atoms with Gasteiger partial charge in [0.1, 0.15) is 17.1 Å². The second kappa shape index (κ2) is 8.03. The van der Waals surface area contributed by atoms with Crippen LogP contribution in [-0.4, -0.2) is 41.8 Å². The molecule has 1 amide bonds. The number of hydrogen-bond donors (Lipinski definition) is 2. The topological polar surface area (TPSA) is 84.9 Å². The summed E-state index contributed by atoms with van der Waals surface area (Å²) in [6, 6.07) is 5.76. The van der Waals surface area contributed by atoms with Crippen molar-refractivity contribution in [3.05, 3.63) is 30.1 Å². The predicted molar refractivity (Wildman–Crippen MR) is 93.5 cm³/mol. The van der Waals surface area contributed by atoms with Gasteiger partial charge in [-0.2, -0.15) is 0 Å². The maximum absolute atomic E-state index is 13.1. The zero-order chi connectivity index (χ0) is 19.4. The normalized spacial score (nSPS) is 23.8. The quantitative estimate of drug-likeness (QED) is 0.656. The number of carbonyl (C=O) groups excluding carboxylic acids is 1.